The number of aryl methyl sites for hydroxylation is 2. The lowest BCUT2D eigenvalue weighted by Gasteiger charge is -2.25. The number of hydrogen-bond donors (Lipinski definition) is 3. The molecule has 2 fully saturated rings. The van der Waals surface area contributed by atoms with Gasteiger partial charge in [0.15, 0.2) is 0 Å². The van der Waals surface area contributed by atoms with E-state index in [4.69, 9.17) is 4.11 Å². The zero-order valence-corrected chi connectivity index (χ0v) is 20.7. The first-order valence-corrected chi connectivity index (χ1v) is 13.2. The van der Waals surface area contributed by atoms with Crippen LogP contribution in [0, 0.1) is 11.8 Å². The highest BCUT2D eigenvalue weighted by atomic mass is 32.1. The van der Waals surface area contributed by atoms with E-state index in [1.807, 2.05) is 0 Å². The molecule has 6 rings (SSSR count). The van der Waals surface area contributed by atoms with Crippen molar-refractivity contribution in [1.29, 1.82) is 0 Å². The summed E-state index contributed by atoms with van der Waals surface area (Å²) in [6.07, 6.45) is 4.19. The molecule has 0 saturated heterocycles. The highest BCUT2D eigenvalue weighted by molar-refractivity contribution is 7.17. The van der Waals surface area contributed by atoms with Crippen LogP contribution in [0.5, 0.6) is 0 Å². The second-order valence-electron chi connectivity index (χ2n) is 9.88. The number of nitrogens with zero attached hydrogens (tertiary/aromatic N) is 5. The second kappa shape index (κ2) is 9.51. The molecule has 0 aromatic carbocycles. The van der Waals surface area contributed by atoms with Crippen molar-refractivity contribution < 1.29 is 22.5 Å². The van der Waals surface area contributed by atoms with Crippen LogP contribution in [0.1, 0.15) is 75.2 Å². The van der Waals surface area contributed by atoms with Gasteiger partial charge in [-0.2, -0.15) is 5.10 Å². The van der Waals surface area contributed by atoms with Crippen LogP contribution in [0.2, 0.25) is 0 Å². The van der Waals surface area contributed by atoms with Crippen LogP contribution in [-0.4, -0.2) is 42.9 Å². The molecule has 10 nitrogen and oxygen atoms in total. The van der Waals surface area contributed by atoms with Gasteiger partial charge < -0.3 is 16.0 Å². The average Bonchev–Trinajstić information content (AvgIpc) is 3.80. The zero-order valence-electron chi connectivity index (χ0n) is 22.8. The Morgan fingerprint density at radius 3 is 2.84 bits per heavy atom. The zero-order chi connectivity index (χ0) is 28.2. The minimum atomic E-state index is -2.95. The third-order valence-corrected chi connectivity index (χ3v) is 8.26. The van der Waals surface area contributed by atoms with Gasteiger partial charge in [0.2, 0.25) is 11.9 Å². The molecule has 3 heterocycles. The van der Waals surface area contributed by atoms with Crippen LogP contribution >= 0.6 is 11.3 Å². The van der Waals surface area contributed by atoms with Crippen LogP contribution in [0.25, 0.3) is 0 Å². The minimum Gasteiger partial charge on any atom is -0.352 e. The highest BCUT2D eigenvalue weighted by Gasteiger charge is 2.35. The first kappa shape index (κ1) is 20.7. The molecule has 1 atom stereocenters. The molecule has 3 aliphatic carbocycles. The Morgan fingerprint density at radius 1 is 1.27 bits per heavy atom. The number of carbonyl (C=O) groups excluding carboxylic acids is 2. The van der Waals surface area contributed by atoms with E-state index in [2.05, 4.69) is 31.2 Å². The van der Waals surface area contributed by atoms with Gasteiger partial charge in [0.25, 0.3) is 12.3 Å². The van der Waals surface area contributed by atoms with Crippen molar-refractivity contribution in [3.8, 4) is 0 Å². The smallest absolute Gasteiger partial charge is 0.282 e. The molecule has 0 radical (unpaired) electrons. The number of alkyl halides is 2. The lowest BCUT2D eigenvalue weighted by molar-refractivity contribution is -0.117. The maximum atomic E-state index is 13.4. The summed E-state index contributed by atoms with van der Waals surface area (Å²) in [7, 11) is 0. The molecule has 3 aliphatic rings. The van der Waals surface area contributed by atoms with Gasteiger partial charge in [-0.3, -0.25) is 18.8 Å². The van der Waals surface area contributed by atoms with E-state index in [1.54, 1.807) is 4.57 Å². The third-order valence-electron chi connectivity index (χ3n) is 7.05. The summed E-state index contributed by atoms with van der Waals surface area (Å²) >= 11 is 1.44. The summed E-state index contributed by atoms with van der Waals surface area (Å²) in [6, 6.07) is 0.769. The number of aromatic nitrogens is 5. The molecule has 37 heavy (non-hydrogen) atoms. The van der Waals surface area contributed by atoms with Crippen molar-refractivity contribution >= 4 is 39.9 Å². The Morgan fingerprint density at radius 2 is 2.11 bits per heavy atom. The molecular weight excluding hydrogens is 502 g/mol. The Kier molecular flexibility index (Phi) is 5.31. The van der Waals surface area contributed by atoms with Gasteiger partial charge in [0.1, 0.15) is 22.8 Å². The molecule has 3 aromatic heterocycles. The van der Waals surface area contributed by atoms with Gasteiger partial charge in [-0.1, -0.05) is 0 Å². The number of carbonyl (C=O) groups is 2. The van der Waals surface area contributed by atoms with Crippen molar-refractivity contribution in [2.75, 3.05) is 17.2 Å². The standard InChI is InChI=1S/C24H28F2N8O2S/c1-33-18(9-16(32-33)20(25)26)29-24-31-28-11-34(24)14-6-7-17-15(8-14)19(22(36)27-10-12-2-3-12)23(37-17)30-21(35)13-4-5-13/h9,11-14,20H,2-8,10H2,1H3,(H,27,36)(H,29,31)(H,30,35)/t14-/m0/s1/i1D3. The van der Waals surface area contributed by atoms with Gasteiger partial charge in [0.05, 0.1) is 5.56 Å². The summed E-state index contributed by atoms with van der Waals surface area (Å²) < 4.78 is 51.9. The monoisotopic (exact) mass is 533 g/mol. The van der Waals surface area contributed by atoms with Crippen LogP contribution in [0.3, 0.4) is 0 Å². The Hall–Kier alpha value is -3.35. The van der Waals surface area contributed by atoms with Gasteiger partial charge in [-0.05, 0) is 56.4 Å². The second-order valence-corrected chi connectivity index (χ2v) is 11.0. The number of halogens is 2. The number of amides is 2. The number of anilines is 3. The van der Waals surface area contributed by atoms with E-state index < -0.39 is 19.1 Å². The molecule has 0 spiro atoms. The lowest BCUT2D eigenvalue weighted by Crippen LogP contribution is -2.28. The van der Waals surface area contributed by atoms with Crippen LogP contribution in [0.15, 0.2) is 12.4 Å². The fourth-order valence-corrected chi connectivity index (χ4v) is 5.89. The number of rotatable bonds is 9. The first-order chi connectivity index (χ1) is 19.1. The maximum absolute atomic E-state index is 13.4. The number of thiophene rings is 1. The highest BCUT2D eigenvalue weighted by Crippen LogP contribution is 2.43. The fourth-order valence-electron chi connectivity index (χ4n) is 4.65. The molecule has 2 saturated carbocycles. The van der Waals surface area contributed by atoms with E-state index >= 15 is 0 Å². The molecule has 2 amide bonds. The van der Waals surface area contributed by atoms with Crippen molar-refractivity contribution in [3.05, 3.63) is 34.1 Å². The Labute approximate surface area is 220 Å². The Balaban J connectivity index is 1.27. The molecule has 0 unspecified atom stereocenters. The summed E-state index contributed by atoms with van der Waals surface area (Å²) in [6.45, 7) is -2.19. The molecule has 13 heteroatoms. The third kappa shape index (κ3) is 4.96. The summed E-state index contributed by atoms with van der Waals surface area (Å²) in [5, 5.41) is 21.0. The molecule has 3 N–H and O–H groups in total. The van der Waals surface area contributed by atoms with Crippen LogP contribution in [0.4, 0.5) is 25.5 Å². The van der Waals surface area contributed by atoms with E-state index in [1.165, 1.54) is 17.7 Å². The lowest BCUT2D eigenvalue weighted by atomic mass is 9.91. The van der Waals surface area contributed by atoms with E-state index in [9.17, 15) is 18.4 Å². The number of fused-ring (bicyclic) bond motifs is 1. The van der Waals surface area contributed by atoms with Crippen molar-refractivity contribution in [2.45, 2.75) is 57.4 Å². The molecule has 0 aliphatic heterocycles. The normalized spacial score (nSPS) is 20.6. The predicted octanol–water partition coefficient (Wildman–Crippen LogP) is 3.97. The fraction of sp³-hybridized carbons (Fsp3) is 0.542. The predicted molar refractivity (Wildman–Crippen MR) is 133 cm³/mol. The SMILES string of the molecule is [2H]C([2H])([2H])n1nc(C(F)F)cc1Nc1nncn1[C@H]1CCc2sc(NC(=O)C3CC3)c(C(=O)NCC3CC3)c2C1. The van der Waals surface area contributed by atoms with Gasteiger partial charge in [-0.25, -0.2) is 8.78 Å². The quantitative estimate of drug-likeness (QED) is 0.383. The van der Waals surface area contributed by atoms with Gasteiger partial charge >= 0.3 is 0 Å². The topological polar surface area (TPSA) is 119 Å². The van der Waals surface area contributed by atoms with E-state index in [0.717, 1.165) is 42.2 Å². The first-order valence-electron chi connectivity index (χ1n) is 13.9. The van der Waals surface area contributed by atoms with Gasteiger partial charge in [0, 0.05) is 40.5 Å². The summed E-state index contributed by atoms with van der Waals surface area (Å²) in [4.78, 5) is 27.0. The van der Waals surface area contributed by atoms with E-state index in [-0.39, 0.29) is 35.5 Å². The van der Waals surface area contributed by atoms with Crippen molar-refractivity contribution in [2.24, 2.45) is 18.8 Å². The summed E-state index contributed by atoms with van der Waals surface area (Å²) in [5.41, 5.74) is 0.671. The van der Waals surface area contributed by atoms with Crippen molar-refractivity contribution in [3.63, 3.8) is 0 Å². The van der Waals surface area contributed by atoms with Gasteiger partial charge in [-0.15, -0.1) is 21.5 Å². The Bertz CT molecular complexity index is 1440. The van der Waals surface area contributed by atoms with Crippen LogP contribution in [-0.2, 0) is 24.6 Å². The largest absolute Gasteiger partial charge is 0.352 e. The molecular formula is C24H28F2N8O2S. The van der Waals surface area contributed by atoms with Crippen LogP contribution < -0.4 is 16.0 Å². The number of nitrogens with one attached hydrogen (secondary N) is 3. The molecule has 196 valence electrons. The maximum Gasteiger partial charge on any atom is 0.282 e. The molecule has 3 aromatic rings. The number of hydrogen-bond acceptors (Lipinski definition) is 7. The average molecular weight is 534 g/mol. The minimum absolute atomic E-state index is 0.00571. The summed E-state index contributed by atoms with van der Waals surface area (Å²) in [5.74, 6) is 0.216. The van der Waals surface area contributed by atoms with E-state index in [0.29, 0.717) is 47.0 Å². The van der Waals surface area contributed by atoms with Crippen molar-refractivity contribution in [1.82, 2.24) is 29.9 Å². The molecule has 0 bridgehead atoms.